The fourth-order valence-corrected chi connectivity index (χ4v) is 8.50. The SMILES string of the molecule is C=C(O)N[C@H](C)C(=O)N1CCCC1C1=NCC(c2ccc(-c3ccc(-c4[nH]c([C@@H]5CCCN5C(=O)C(C)NC(=O)OC)nc4C(=O)OCC4CC=CCC4)cc3)cc2)N1. The summed E-state index contributed by atoms with van der Waals surface area (Å²) in [4.78, 5) is 68.6. The van der Waals surface area contributed by atoms with E-state index in [0.717, 1.165) is 66.6 Å². The van der Waals surface area contributed by atoms with Gasteiger partial charge in [-0.15, -0.1) is 0 Å². The predicted molar refractivity (Wildman–Crippen MR) is 222 cm³/mol. The molecule has 312 valence electrons. The van der Waals surface area contributed by atoms with Gasteiger partial charge in [-0.25, -0.2) is 14.6 Å². The van der Waals surface area contributed by atoms with Crippen LogP contribution < -0.4 is 16.0 Å². The molecule has 59 heavy (non-hydrogen) atoms. The number of nitrogens with zero attached hydrogens (tertiary/aromatic N) is 4. The molecular weight excluding hydrogens is 753 g/mol. The van der Waals surface area contributed by atoms with Crippen LogP contribution in [0.15, 0.2) is 78.1 Å². The number of allylic oxidation sites excluding steroid dienone is 2. The number of aliphatic hydroxyl groups excluding tert-OH is 1. The molecule has 3 amide bonds. The van der Waals surface area contributed by atoms with Crippen molar-refractivity contribution in [3.63, 3.8) is 0 Å². The molecule has 2 aromatic carbocycles. The van der Waals surface area contributed by atoms with Crippen LogP contribution in [-0.4, -0.2) is 106 Å². The number of ether oxygens (including phenoxy) is 2. The number of esters is 1. The summed E-state index contributed by atoms with van der Waals surface area (Å²) in [5, 5.41) is 18.3. The third-order valence-corrected chi connectivity index (χ3v) is 11.7. The molecule has 0 radical (unpaired) electrons. The Bertz CT molecular complexity index is 2100. The monoisotopic (exact) mass is 806 g/mol. The summed E-state index contributed by atoms with van der Waals surface area (Å²) in [6.45, 7) is 8.75. The summed E-state index contributed by atoms with van der Waals surface area (Å²) in [6, 6.07) is 14.2. The highest BCUT2D eigenvalue weighted by Crippen LogP contribution is 2.35. The van der Waals surface area contributed by atoms with E-state index in [2.05, 4.69) is 63.9 Å². The fourth-order valence-electron chi connectivity index (χ4n) is 8.50. The quantitative estimate of drug-likeness (QED) is 0.0813. The second-order valence-electron chi connectivity index (χ2n) is 15.8. The Morgan fingerprint density at radius 3 is 2.15 bits per heavy atom. The van der Waals surface area contributed by atoms with Gasteiger partial charge in [0.2, 0.25) is 11.8 Å². The van der Waals surface area contributed by atoms with Crippen molar-refractivity contribution in [3.8, 4) is 22.4 Å². The molecule has 4 aliphatic rings. The first kappa shape index (κ1) is 41.1. The summed E-state index contributed by atoms with van der Waals surface area (Å²) < 4.78 is 10.5. The van der Waals surface area contributed by atoms with Crippen molar-refractivity contribution in [1.82, 2.24) is 35.7 Å². The van der Waals surface area contributed by atoms with Gasteiger partial charge in [-0.05, 0) is 88.0 Å². The second kappa shape index (κ2) is 18.2. The van der Waals surface area contributed by atoms with E-state index in [4.69, 9.17) is 19.5 Å². The van der Waals surface area contributed by atoms with Crippen LogP contribution in [0.5, 0.6) is 0 Å². The summed E-state index contributed by atoms with van der Waals surface area (Å²) >= 11 is 0. The number of hydrogen-bond acceptors (Lipinski definition) is 11. The zero-order valence-corrected chi connectivity index (χ0v) is 33.9. The van der Waals surface area contributed by atoms with Crippen LogP contribution in [-0.2, 0) is 19.1 Å². The largest absolute Gasteiger partial charge is 0.495 e. The van der Waals surface area contributed by atoms with Gasteiger partial charge in [0.1, 0.15) is 23.7 Å². The highest BCUT2D eigenvalue weighted by molar-refractivity contribution is 5.95. The molecule has 1 aromatic heterocycles. The fraction of sp³-hybridized carbons (Fsp3) is 0.455. The lowest BCUT2D eigenvalue weighted by Crippen LogP contribution is -2.50. The minimum Gasteiger partial charge on any atom is -0.495 e. The van der Waals surface area contributed by atoms with E-state index in [1.807, 2.05) is 29.2 Å². The van der Waals surface area contributed by atoms with Crippen molar-refractivity contribution in [2.45, 2.75) is 89.0 Å². The van der Waals surface area contributed by atoms with Crippen molar-refractivity contribution >= 4 is 29.7 Å². The molecule has 6 atom stereocenters. The van der Waals surface area contributed by atoms with Crippen molar-refractivity contribution in [3.05, 3.63) is 90.2 Å². The number of benzene rings is 2. The molecule has 0 saturated carbocycles. The molecule has 4 unspecified atom stereocenters. The predicted octanol–water partition coefficient (Wildman–Crippen LogP) is 5.71. The lowest BCUT2D eigenvalue weighted by atomic mass is 9.95. The number of likely N-dealkylation sites (tertiary alicyclic amines) is 2. The average Bonchev–Trinajstić information content (AvgIpc) is 4.09. The highest BCUT2D eigenvalue weighted by Gasteiger charge is 2.38. The van der Waals surface area contributed by atoms with Crippen molar-refractivity contribution in [1.29, 1.82) is 0 Å². The summed E-state index contributed by atoms with van der Waals surface area (Å²) in [6.07, 6.45) is 9.45. The van der Waals surface area contributed by atoms with Crippen LogP contribution in [0.2, 0.25) is 0 Å². The van der Waals surface area contributed by atoms with Gasteiger partial charge in [-0.2, -0.15) is 0 Å². The van der Waals surface area contributed by atoms with Crippen LogP contribution in [0.3, 0.4) is 0 Å². The summed E-state index contributed by atoms with van der Waals surface area (Å²) in [5.41, 5.74) is 4.52. The lowest BCUT2D eigenvalue weighted by molar-refractivity contribution is -0.134. The lowest BCUT2D eigenvalue weighted by Gasteiger charge is -2.28. The number of aliphatic hydroxyl groups is 1. The molecule has 2 fully saturated rings. The smallest absolute Gasteiger partial charge is 0.407 e. The van der Waals surface area contributed by atoms with Gasteiger partial charge in [0.25, 0.3) is 0 Å². The maximum absolute atomic E-state index is 13.7. The Hall–Kier alpha value is -6.12. The number of methoxy groups -OCH3 is 1. The summed E-state index contributed by atoms with van der Waals surface area (Å²) in [5.74, 6) is 0.431. The van der Waals surface area contributed by atoms with Gasteiger partial charge in [-0.1, -0.05) is 60.7 Å². The van der Waals surface area contributed by atoms with Crippen LogP contribution in [0.25, 0.3) is 22.4 Å². The first-order valence-corrected chi connectivity index (χ1v) is 20.5. The van der Waals surface area contributed by atoms with E-state index in [1.165, 1.54) is 7.11 Å². The van der Waals surface area contributed by atoms with E-state index in [0.29, 0.717) is 44.2 Å². The van der Waals surface area contributed by atoms with Crippen molar-refractivity contribution in [2.75, 3.05) is 33.4 Å². The Balaban J connectivity index is 1.05. The van der Waals surface area contributed by atoms with Crippen molar-refractivity contribution in [2.24, 2.45) is 10.9 Å². The number of aromatic nitrogens is 2. The standard InChI is InChI=1S/C44H54N8O7/c1-26(46-28(3)53)41(54)51-22-8-12-35(51)39-45-24-34(48-39)32-18-14-30(15-19-32)31-16-20-33(21-17-31)37-38(43(56)59-25-29-10-6-5-7-11-29)50-40(49-37)36-13-9-23-52(36)42(55)27(2)47-44(57)58-4/h5-6,14-21,26-27,29,34-36,46,53H,3,7-13,22-25H2,1-2,4H3,(H,45,48)(H,47,57)(H,49,50)/t26-,27?,29?,34?,35?,36+/m1/s1. The molecule has 0 spiro atoms. The minimum atomic E-state index is -0.805. The molecule has 3 aliphatic heterocycles. The van der Waals surface area contributed by atoms with E-state index in [9.17, 15) is 24.3 Å². The molecule has 7 rings (SSSR count). The number of amidine groups is 1. The number of imidazole rings is 1. The number of aliphatic imine (C=N–C) groups is 1. The molecule has 1 aliphatic carbocycles. The first-order chi connectivity index (χ1) is 28.5. The third-order valence-electron chi connectivity index (χ3n) is 11.7. The van der Waals surface area contributed by atoms with Gasteiger partial charge in [0, 0.05) is 18.7 Å². The number of H-pyrrole nitrogens is 1. The number of rotatable bonds is 13. The average molecular weight is 807 g/mol. The number of hydrogen-bond donors (Lipinski definition) is 5. The number of carbonyl (C=O) groups is 4. The Kier molecular flexibility index (Phi) is 12.7. The molecule has 15 nitrogen and oxygen atoms in total. The molecule has 5 N–H and O–H groups in total. The maximum atomic E-state index is 13.7. The van der Waals surface area contributed by atoms with Crippen LogP contribution in [0.4, 0.5) is 4.79 Å². The van der Waals surface area contributed by atoms with Gasteiger partial charge in [-0.3, -0.25) is 14.6 Å². The number of alkyl carbamates (subject to hydrolysis) is 1. The Morgan fingerprint density at radius 2 is 1.51 bits per heavy atom. The molecule has 2 saturated heterocycles. The van der Waals surface area contributed by atoms with E-state index >= 15 is 0 Å². The molecular formula is C44H54N8O7. The van der Waals surface area contributed by atoms with Gasteiger partial charge >= 0.3 is 12.1 Å². The number of nitrogens with one attached hydrogen (secondary N) is 4. The normalized spacial score (nSPS) is 22.3. The third kappa shape index (κ3) is 9.29. The zero-order valence-electron chi connectivity index (χ0n) is 33.9. The van der Waals surface area contributed by atoms with E-state index in [-0.39, 0.29) is 41.4 Å². The minimum absolute atomic E-state index is 0.0208. The number of aromatic amines is 1. The molecule has 0 bridgehead atoms. The maximum Gasteiger partial charge on any atom is 0.407 e. The van der Waals surface area contributed by atoms with Crippen molar-refractivity contribution < 1.29 is 33.8 Å². The van der Waals surface area contributed by atoms with Gasteiger partial charge < -0.3 is 45.3 Å². The molecule has 3 aromatic rings. The first-order valence-electron chi connectivity index (χ1n) is 20.5. The Labute approximate surface area is 344 Å². The second-order valence-corrected chi connectivity index (χ2v) is 15.8. The van der Waals surface area contributed by atoms with E-state index in [1.54, 1.807) is 18.7 Å². The van der Waals surface area contributed by atoms with E-state index < -0.39 is 30.2 Å². The van der Waals surface area contributed by atoms with Gasteiger partial charge in [0.15, 0.2) is 11.6 Å². The number of amides is 3. The number of carbonyl (C=O) groups excluding carboxylic acids is 4. The van der Waals surface area contributed by atoms with Crippen LogP contribution in [0.1, 0.15) is 92.8 Å². The zero-order chi connectivity index (χ0) is 41.6. The van der Waals surface area contributed by atoms with Gasteiger partial charge in [0.05, 0.1) is 44.1 Å². The highest BCUT2D eigenvalue weighted by atomic mass is 16.5. The molecule has 4 heterocycles. The topological polar surface area (TPSA) is 191 Å². The summed E-state index contributed by atoms with van der Waals surface area (Å²) in [7, 11) is 1.25. The van der Waals surface area contributed by atoms with Crippen LogP contribution >= 0.6 is 0 Å². The van der Waals surface area contributed by atoms with Crippen LogP contribution in [0, 0.1) is 5.92 Å². The Morgan fingerprint density at radius 1 is 0.881 bits per heavy atom. The molecule has 15 heteroatoms.